The van der Waals surface area contributed by atoms with E-state index in [1.807, 2.05) is 12.1 Å². The molecule has 3 rings (SSSR count). The van der Waals surface area contributed by atoms with Crippen LogP contribution in [0, 0.1) is 0 Å². The summed E-state index contributed by atoms with van der Waals surface area (Å²) in [6.07, 6.45) is 5.42. The number of nitrogens with one attached hydrogen (secondary N) is 1. The summed E-state index contributed by atoms with van der Waals surface area (Å²) in [7, 11) is 0. The zero-order valence-electron chi connectivity index (χ0n) is 14.4. The second-order valence-electron chi connectivity index (χ2n) is 5.78. The minimum absolute atomic E-state index is 0.130. The Kier molecular flexibility index (Phi) is 6.35. The van der Waals surface area contributed by atoms with Gasteiger partial charge in [0.05, 0.1) is 6.20 Å². The molecule has 2 aromatic heterocycles. The van der Waals surface area contributed by atoms with Crippen molar-refractivity contribution in [1.29, 1.82) is 0 Å². The SMILES string of the molecule is CCCCc1nnc(NC(=O)CCc2ncc(-c3ccc(Cl)cc3)o2)s1. The molecule has 136 valence electrons. The van der Waals surface area contributed by atoms with Gasteiger partial charge in [0, 0.05) is 29.8 Å². The molecule has 1 N–H and O–H groups in total. The number of carbonyl (C=O) groups is 1. The molecule has 0 aliphatic rings. The van der Waals surface area contributed by atoms with Crippen molar-refractivity contribution >= 4 is 34.0 Å². The van der Waals surface area contributed by atoms with Gasteiger partial charge in [0.15, 0.2) is 11.7 Å². The summed E-state index contributed by atoms with van der Waals surface area (Å²) < 4.78 is 5.70. The third kappa shape index (κ3) is 5.12. The number of rotatable bonds is 8. The summed E-state index contributed by atoms with van der Waals surface area (Å²) in [6, 6.07) is 7.32. The number of hydrogen-bond donors (Lipinski definition) is 1. The molecular formula is C18H19ClN4O2S. The molecule has 0 aliphatic carbocycles. The summed E-state index contributed by atoms with van der Waals surface area (Å²) in [4.78, 5) is 16.3. The number of benzene rings is 1. The fourth-order valence-corrected chi connectivity index (χ4v) is 3.23. The molecule has 0 saturated heterocycles. The van der Waals surface area contributed by atoms with Crippen molar-refractivity contribution in [3.05, 3.63) is 46.4 Å². The molecule has 3 aromatic rings. The number of hydrogen-bond acceptors (Lipinski definition) is 6. The third-order valence-electron chi connectivity index (χ3n) is 3.71. The Balaban J connectivity index is 1.50. The Hall–Kier alpha value is -2.25. The summed E-state index contributed by atoms with van der Waals surface area (Å²) >= 11 is 7.30. The number of aryl methyl sites for hydroxylation is 2. The first-order valence-corrected chi connectivity index (χ1v) is 9.66. The topological polar surface area (TPSA) is 80.9 Å². The number of oxazole rings is 1. The lowest BCUT2D eigenvalue weighted by Crippen LogP contribution is -2.12. The number of anilines is 1. The van der Waals surface area contributed by atoms with Crippen LogP contribution in [0.1, 0.15) is 37.1 Å². The smallest absolute Gasteiger partial charge is 0.226 e. The van der Waals surface area contributed by atoms with Crippen LogP contribution in [0.2, 0.25) is 5.02 Å². The predicted molar refractivity (Wildman–Crippen MR) is 102 cm³/mol. The molecule has 0 atom stereocenters. The first kappa shape index (κ1) is 18.5. The minimum atomic E-state index is -0.130. The van der Waals surface area contributed by atoms with E-state index in [4.69, 9.17) is 16.0 Å². The average molecular weight is 391 g/mol. The molecule has 8 heteroatoms. The van der Waals surface area contributed by atoms with Crippen molar-refractivity contribution in [3.8, 4) is 11.3 Å². The monoisotopic (exact) mass is 390 g/mol. The third-order valence-corrected chi connectivity index (χ3v) is 4.86. The van der Waals surface area contributed by atoms with Crippen LogP contribution in [-0.4, -0.2) is 21.1 Å². The molecule has 0 fully saturated rings. The van der Waals surface area contributed by atoms with Crippen LogP contribution >= 0.6 is 22.9 Å². The van der Waals surface area contributed by atoms with Crippen molar-refractivity contribution in [2.75, 3.05) is 5.32 Å². The van der Waals surface area contributed by atoms with Crippen molar-refractivity contribution in [1.82, 2.24) is 15.2 Å². The Morgan fingerprint density at radius 2 is 2.04 bits per heavy atom. The van der Waals surface area contributed by atoms with Gasteiger partial charge in [0.1, 0.15) is 5.01 Å². The van der Waals surface area contributed by atoms with Gasteiger partial charge in [-0.2, -0.15) is 0 Å². The van der Waals surface area contributed by atoms with Crippen LogP contribution in [0.5, 0.6) is 0 Å². The largest absolute Gasteiger partial charge is 0.441 e. The molecule has 0 radical (unpaired) electrons. The lowest BCUT2D eigenvalue weighted by atomic mass is 10.2. The molecule has 1 aromatic carbocycles. The fourth-order valence-electron chi connectivity index (χ4n) is 2.31. The van der Waals surface area contributed by atoms with Gasteiger partial charge in [-0.1, -0.05) is 36.3 Å². The lowest BCUT2D eigenvalue weighted by Gasteiger charge is -1.99. The number of unbranched alkanes of at least 4 members (excludes halogenated alkanes) is 1. The number of carbonyl (C=O) groups excluding carboxylic acids is 1. The second-order valence-corrected chi connectivity index (χ2v) is 7.28. The lowest BCUT2D eigenvalue weighted by molar-refractivity contribution is -0.116. The Bertz CT molecular complexity index is 860. The van der Waals surface area contributed by atoms with E-state index in [-0.39, 0.29) is 12.3 Å². The van der Waals surface area contributed by atoms with E-state index in [9.17, 15) is 4.79 Å². The van der Waals surface area contributed by atoms with E-state index in [1.54, 1.807) is 18.3 Å². The van der Waals surface area contributed by atoms with Gasteiger partial charge in [-0.25, -0.2) is 4.98 Å². The van der Waals surface area contributed by atoms with Crippen LogP contribution in [0.15, 0.2) is 34.9 Å². The maximum atomic E-state index is 12.1. The Morgan fingerprint density at radius 1 is 1.23 bits per heavy atom. The van der Waals surface area contributed by atoms with Crippen molar-refractivity contribution in [2.24, 2.45) is 0 Å². The van der Waals surface area contributed by atoms with E-state index in [1.165, 1.54) is 11.3 Å². The van der Waals surface area contributed by atoms with Gasteiger partial charge in [0.25, 0.3) is 0 Å². The van der Waals surface area contributed by atoms with Crippen LogP contribution in [0.25, 0.3) is 11.3 Å². The zero-order chi connectivity index (χ0) is 18.4. The van der Waals surface area contributed by atoms with E-state index >= 15 is 0 Å². The molecule has 0 aliphatic heterocycles. The van der Waals surface area contributed by atoms with Gasteiger partial charge < -0.3 is 9.73 Å². The van der Waals surface area contributed by atoms with Gasteiger partial charge in [-0.3, -0.25) is 4.79 Å². The van der Waals surface area contributed by atoms with Gasteiger partial charge in [-0.05, 0) is 30.7 Å². The van der Waals surface area contributed by atoms with Crippen molar-refractivity contribution in [2.45, 2.75) is 39.0 Å². The molecule has 6 nitrogen and oxygen atoms in total. The normalized spacial score (nSPS) is 10.8. The van der Waals surface area contributed by atoms with E-state index < -0.39 is 0 Å². The standard InChI is InChI=1S/C18H19ClN4O2S/c1-2-3-4-17-22-23-18(26-17)21-15(24)9-10-16-20-11-14(25-16)12-5-7-13(19)8-6-12/h5-8,11H,2-4,9-10H2,1H3,(H,21,23,24). The first-order valence-electron chi connectivity index (χ1n) is 8.47. The van der Waals surface area contributed by atoms with Gasteiger partial charge in [-0.15, -0.1) is 10.2 Å². The summed E-state index contributed by atoms with van der Waals surface area (Å²) in [6.45, 7) is 2.13. The highest BCUT2D eigenvalue weighted by molar-refractivity contribution is 7.15. The Morgan fingerprint density at radius 3 is 2.81 bits per heavy atom. The zero-order valence-corrected chi connectivity index (χ0v) is 15.9. The summed E-state index contributed by atoms with van der Waals surface area (Å²) in [5.74, 6) is 1.04. The first-order chi connectivity index (χ1) is 12.6. The van der Waals surface area contributed by atoms with Crippen LogP contribution < -0.4 is 5.32 Å². The number of aromatic nitrogens is 3. The summed E-state index contributed by atoms with van der Waals surface area (Å²) in [5, 5.41) is 13.0. The van der Waals surface area contributed by atoms with E-state index in [0.29, 0.717) is 28.2 Å². The molecule has 0 bridgehead atoms. The molecule has 26 heavy (non-hydrogen) atoms. The molecule has 0 spiro atoms. The maximum absolute atomic E-state index is 12.1. The van der Waals surface area contributed by atoms with Crippen molar-refractivity contribution < 1.29 is 9.21 Å². The molecule has 0 unspecified atom stereocenters. The maximum Gasteiger partial charge on any atom is 0.226 e. The van der Waals surface area contributed by atoms with Crippen molar-refractivity contribution in [3.63, 3.8) is 0 Å². The summed E-state index contributed by atoms with van der Waals surface area (Å²) in [5.41, 5.74) is 0.895. The quantitative estimate of drug-likeness (QED) is 0.599. The highest BCUT2D eigenvalue weighted by atomic mass is 35.5. The Labute approximate surface area is 160 Å². The predicted octanol–water partition coefficient (Wildman–Crippen LogP) is 4.76. The van der Waals surface area contributed by atoms with Crippen LogP contribution in [0.4, 0.5) is 5.13 Å². The number of amides is 1. The minimum Gasteiger partial charge on any atom is -0.441 e. The van der Waals surface area contributed by atoms with E-state index in [2.05, 4.69) is 27.4 Å². The highest BCUT2D eigenvalue weighted by Gasteiger charge is 2.11. The highest BCUT2D eigenvalue weighted by Crippen LogP contribution is 2.23. The molecular weight excluding hydrogens is 372 g/mol. The average Bonchev–Trinajstić information content (AvgIpc) is 3.28. The van der Waals surface area contributed by atoms with E-state index in [0.717, 1.165) is 29.8 Å². The van der Waals surface area contributed by atoms with Gasteiger partial charge >= 0.3 is 0 Å². The fraction of sp³-hybridized carbons (Fsp3) is 0.333. The second kappa shape index (κ2) is 8.91. The number of nitrogens with zero attached hydrogens (tertiary/aromatic N) is 3. The molecule has 2 heterocycles. The van der Waals surface area contributed by atoms with Gasteiger partial charge in [0.2, 0.25) is 11.0 Å². The number of halogens is 1. The molecule has 1 amide bonds. The molecule has 0 saturated carbocycles. The van der Waals surface area contributed by atoms with Crippen LogP contribution in [0.3, 0.4) is 0 Å². The van der Waals surface area contributed by atoms with Crippen LogP contribution in [-0.2, 0) is 17.6 Å².